The molecule has 0 fully saturated rings. The predicted molar refractivity (Wildman–Crippen MR) is 277 cm³/mol. The molecule has 14 rings (SSSR count). The molecule has 0 aliphatic carbocycles. The van der Waals surface area contributed by atoms with E-state index in [1.54, 1.807) is 0 Å². The maximum absolute atomic E-state index is 7.22. The van der Waals surface area contributed by atoms with Crippen molar-refractivity contribution in [3.05, 3.63) is 225 Å². The number of nitrogens with zero attached hydrogens (tertiary/aromatic N) is 3. The van der Waals surface area contributed by atoms with Gasteiger partial charge < -0.3 is 13.6 Å². The zero-order valence-electron chi connectivity index (χ0n) is 35.0. The monoisotopic (exact) mass is 863 g/mol. The maximum atomic E-state index is 7.22. The zero-order chi connectivity index (χ0) is 42.6. The number of hydrogen-bond donors (Lipinski definition) is 0. The average Bonchev–Trinajstić information content (AvgIpc) is 4.13. The second kappa shape index (κ2) is 14.0. The highest BCUT2D eigenvalue weighted by atomic mass is 32.1. The summed E-state index contributed by atoms with van der Waals surface area (Å²) in [5.41, 5.74) is 8.80. The van der Waals surface area contributed by atoms with Gasteiger partial charge in [-0.1, -0.05) is 152 Å². The van der Waals surface area contributed by atoms with E-state index in [0.29, 0.717) is 0 Å². The molecule has 14 aromatic rings. The number of rotatable bonds is 6. The van der Waals surface area contributed by atoms with Crippen LogP contribution >= 0.6 is 11.3 Å². The Bertz CT molecular complexity index is 3820. The van der Waals surface area contributed by atoms with Gasteiger partial charge in [-0.3, -0.25) is 4.98 Å². The van der Waals surface area contributed by atoms with Gasteiger partial charge in [0.05, 0.1) is 22.1 Å². The van der Waals surface area contributed by atoms with E-state index in [1.807, 2.05) is 23.7 Å². The molecule has 4 nitrogen and oxygen atoms in total. The molecule has 5 heterocycles. The van der Waals surface area contributed by atoms with Crippen LogP contribution in [0.3, 0.4) is 0 Å². The van der Waals surface area contributed by atoms with E-state index >= 15 is 0 Å². The fraction of sp³-hybridized carbons (Fsp3) is 0. The van der Waals surface area contributed by atoms with Crippen LogP contribution in [0.1, 0.15) is 0 Å². The van der Waals surface area contributed by atoms with Crippen molar-refractivity contribution in [2.45, 2.75) is 0 Å². The van der Waals surface area contributed by atoms with E-state index in [0.717, 1.165) is 44.2 Å². The number of furan rings is 1. The van der Waals surface area contributed by atoms with Crippen molar-refractivity contribution in [1.29, 1.82) is 0 Å². The largest absolute Gasteiger partial charge is 0.456 e. The van der Waals surface area contributed by atoms with Gasteiger partial charge in [-0.2, -0.15) is 0 Å². The zero-order valence-corrected chi connectivity index (χ0v) is 36.8. The topological polar surface area (TPSA) is 35.9 Å². The summed E-state index contributed by atoms with van der Waals surface area (Å²) >= 11 is 1.91. The fourth-order valence-corrected chi connectivity index (χ4v) is 17.7. The highest BCUT2D eigenvalue weighted by Crippen LogP contribution is 2.40. The number of thiophene rings is 1. The van der Waals surface area contributed by atoms with Crippen LogP contribution in [0, 0.1) is 0 Å². The third kappa shape index (κ3) is 5.15. The van der Waals surface area contributed by atoms with Crippen LogP contribution in [0.4, 0.5) is 0 Å². The van der Waals surface area contributed by atoms with Crippen molar-refractivity contribution in [3.63, 3.8) is 0 Å². The smallest absolute Gasteiger partial charge is 0.185 e. The van der Waals surface area contributed by atoms with E-state index in [9.17, 15) is 0 Å². The van der Waals surface area contributed by atoms with Gasteiger partial charge in [0.15, 0.2) is 8.07 Å². The summed E-state index contributed by atoms with van der Waals surface area (Å²) in [5, 5.41) is 14.9. The minimum absolute atomic E-state index is 0.884. The van der Waals surface area contributed by atoms with E-state index in [2.05, 4.69) is 226 Å². The molecule has 0 spiro atoms. The molecule has 5 aromatic heterocycles. The van der Waals surface area contributed by atoms with Crippen LogP contribution < -0.4 is 20.7 Å². The molecule has 6 heteroatoms. The number of para-hydroxylation sites is 4. The second-order valence-electron chi connectivity index (χ2n) is 17.0. The molecule has 304 valence electrons. The van der Waals surface area contributed by atoms with Crippen molar-refractivity contribution in [1.82, 2.24) is 14.1 Å². The summed E-state index contributed by atoms with van der Waals surface area (Å²) in [6.45, 7) is 0. The summed E-state index contributed by atoms with van der Waals surface area (Å²) in [6, 6.07) is 78.3. The molecule has 0 saturated carbocycles. The number of aromatic nitrogens is 3. The van der Waals surface area contributed by atoms with Gasteiger partial charge in [-0.15, -0.1) is 11.3 Å². The normalized spacial score (nSPS) is 12.3. The van der Waals surface area contributed by atoms with Crippen molar-refractivity contribution < 1.29 is 4.42 Å². The Morgan fingerprint density at radius 1 is 0.400 bits per heavy atom. The number of benzene rings is 9. The second-order valence-corrected chi connectivity index (χ2v) is 21.8. The third-order valence-corrected chi connectivity index (χ3v) is 20.0. The standard InChI is InChI=1S/C59H37N3OSSi/c1-3-15-40(16-4-1)65(41-17-5-2-6-18-41,56-27-13-22-45-47-35-38(29-31-54(47)63-58(45)56)61-50-24-10-7-19-42(50)43-20-8-11-25-51(43)61)57-28-14-23-46-48-36-39(30-32-55(48)64-59(46)57)62-52-26-12-9-21-44(52)49-37-60-34-33-53(49)62/h1-37H. The van der Waals surface area contributed by atoms with E-state index < -0.39 is 8.07 Å². The van der Waals surface area contributed by atoms with Crippen molar-refractivity contribution in [2.75, 3.05) is 0 Å². The molecule has 0 atom stereocenters. The minimum atomic E-state index is -3.13. The van der Waals surface area contributed by atoms with Crippen molar-refractivity contribution in [2.24, 2.45) is 0 Å². The Morgan fingerprint density at radius 3 is 1.58 bits per heavy atom. The van der Waals surface area contributed by atoms with E-state index in [-0.39, 0.29) is 0 Å². The number of pyridine rings is 1. The molecule has 0 unspecified atom stereocenters. The molecule has 0 aliphatic heterocycles. The Labute approximate surface area is 378 Å². The summed E-state index contributed by atoms with van der Waals surface area (Å²) in [6.07, 6.45) is 3.89. The van der Waals surface area contributed by atoms with Crippen molar-refractivity contribution in [3.8, 4) is 11.4 Å². The number of hydrogen-bond acceptors (Lipinski definition) is 3. The number of fused-ring (bicyclic) bond motifs is 12. The first-order valence-electron chi connectivity index (χ1n) is 22.1. The third-order valence-electron chi connectivity index (χ3n) is 13.8. The highest BCUT2D eigenvalue weighted by molar-refractivity contribution is 7.31. The van der Waals surface area contributed by atoms with Crippen LogP contribution in [0.5, 0.6) is 0 Å². The maximum Gasteiger partial charge on any atom is 0.185 e. The Kier molecular flexibility index (Phi) is 7.84. The minimum Gasteiger partial charge on any atom is -0.456 e. The predicted octanol–water partition coefficient (Wildman–Crippen LogP) is 12.9. The van der Waals surface area contributed by atoms with Crippen LogP contribution in [0.25, 0.3) is 97.1 Å². The van der Waals surface area contributed by atoms with Gasteiger partial charge in [0.2, 0.25) is 0 Å². The lowest BCUT2D eigenvalue weighted by atomic mass is 10.1. The Hall–Kier alpha value is -8.03. The summed E-state index contributed by atoms with van der Waals surface area (Å²) < 4.78 is 14.6. The van der Waals surface area contributed by atoms with Crippen LogP contribution in [0.2, 0.25) is 0 Å². The molecule has 0 saturated heterocycles. The van der Waals surface area contributed by atoms with Gasteiger partial charge in [-0.05, 0) is 81.4 Å². The fourth-order valence-electron chi connectivity index (χ4n) is 11.0. The molecule has 9 aromatic carbocycles. The molecule has 0 amide bonds. The highest BCUT2D eigenvalue weighted by Gasteiger charge is 2.45. The SMILES string of the molecule is c1ccc([Si](c2ccccc2)(c2cccc3c2oc2ccc(-n4c5ccccc5c5ccccc54)cc23)c2cccc3c2sc2ccc(-n4c5ccccc5c5cnccc54)cc23)cc1. The molecule has 0 aliphatic rings. The van der Waals surface area contributed by atoms with Crippen LogP contribution in [0.15, 0.2) is 229 Å². The first-order chi connectivity index (χ1) is 32.3. The van der Waals surface area contributed by atoms with E-state index in [4.69, 9.17) is 4.42 Å². The van der Waals surface area contributed by atoms with Crippen LogP contribution in [-0.2, 0) is 0 Å². The van der Waals surface area contributed by atoms with Gasteiger partial charge in [0.25, 0.3) is 0 Å². The van der Waals surface area contributed by atoms with Gasteiger partial charge in [-0.25, -0.2) is 0 Å². The molecule has 0 radical (unpaired) electrons. The Balaban J connectivity index is 1.04. The quantitative estimate of drug-likeness (QED) is 0.123. The first kappa shape index (κ1) is 36.5. The van der Waals surface area contributed by atoms with E-state index in [1.165, 1.54) is 73.6 Å². The van der Waals surface area contributed by atoms with Gasteiger partial charge in [0.1, 0.15) is 11.2 Å². The molecular formula is C59H37N3OSSi. The summed E-state index contributed by atoms with van der Waals surface area (Å²) in [5.74, 6) is 0. The lowest BCUT2D eigenvalue weighted by molar-refractivity contribution is 0.671. The molecule has 65 heavy (non-hydrogen) atoms. The molecular weight excluding hydrogens is 827 g/mol. The summed E-state index contributed by atoms with van der Waals surface area (Å²) in [7, 11) is -3.13. The lowest BCUT2D eigenvalue weighted by Gasteiger charge is -2.34. The lowest BCUT2D eigenvalue weighted by Crippen LogP contribution is -2.74. The molecule has 0 N–H and O–H groups in total. The van der Waals surface area contributed by atoms with Crippen LogP contribution in [-0.4, -0.2) is 22.2 Å². The van der Waals surface area contributed by atoms with Gasteiger partial charge in [0, 0.05) is 76.3 Å². The van der Waals surface area contributed by atoms with Gasteiger partial charge >= 0.3 is 0 Å². The Morgan fingerprint density at radius 2 is 0.923 bits per heavy atom. The van der Waals surface area contributed by atoms with Crippen molar-refractivity contribution >= 4 is 126 Å². The molecule has 0 bridgehead atoms. The first-order valence-corrected chi connectivity index (χ1v) is 24.9. The summed E-state index contributed by atoms with van der Waals surface area (Å²) in [4.78, 5) is 4.51. The average molecular weight is 864 g/mol.